The lowest BCUT2D eigenvalue weighted by Gasteiger charge is -2.32. The zero-order chi connectivity index (χ0) is 14.0. The molecule has 0 saturated carbocycles. The van der Waals surface area contributed by atoms with Crippen LogP contribution in [0.1, 0.15) is 35.7 Å². The lowest BCUT2D eigenvalue weighted by Crippen LogP contribution is -2.42. The van der Waals surface area contributed by atoms with Gasteiger partial charge in [-0.15, -0.1) is 0 Å². The highest BCUT2D eigenvalue weighted by atomic mass is 79.9. The number of hydrogen-bond donors (Lipinski definition) is 0. The average molecular weight is 326 g/mol. The Hall–Kier alpha value is -1.36. The maximum absolute atomic E-state index is 12.3. The van der Waals surface area contributed by atoms with Gasteiger partial charge in [-0.3, -0.25) is 9.59 Å². The van der Waals surface area contributed by atoms with Crippen molar-refractivity contribution in [3.05, 3.63) is 33.8 Å². The lowest BCUT2D eigenvalue weighted by atomic mass is 9.91. The van der Waals surface area contributed by atoms with E-state index in [9.17, 15) is 9.59 Å². The Morgan fingerprint density at radius 2 is 2.26 bits per heavy atom. The molecule has 1 amide bonds. The first-order valence-corrected chi connectivity index (χ1v) is 7.06. The first-order chi connectivity index (χ1) is 9.02. The maximum atomic E-state index is 12.3. The van der Waals surface area contributed by atoms with Gasteiger partial charge in [0.15, 0.2) is 0 Å². The maximum Gasteiger partial charge on any atom is 0.325 e. The number of esters is 1. The van der Waals surface area contributed by atoms with Crippen LogP contribution in [0.15, 0.2) is 22.7 Å². The van der Waals surface area contributed by atoms with Crippen LogP contribution < -0.4 is 0 Å². The van der Waals surface area contributed by atoms with E-state index in [2.05, 4.69) is 22.9 Å². The molecule has 0 aliphatic carbocycles. The molecule has 2 rings (SSSR count). The highest BCUT2D eigenvalue weighted by molar-refractivity contribution is 9.10. The van der Waals surface area contributed by atoms with E-state index in [0.717, 1.165) is 10.0 Å². The summed E-state index contributed by atoms with van der Waals surface area (Å²) in [5.74, 6) is -0.253. The van der Waals surface area contributed by atoms with Gasteiger partial charge in [0.2, 0.25) is 0 Å². The first kappa shape index (κ1) is 14.1. The number of carbonyl (C=O) groups is 2. The molecule has 0 saturated heterocycles. The number of hydrogen-bond acceptors (Lipinski definition) is 3. The Bertz CT molecular complexity index is 515. The molecular weight excluding hydrogens is 310 g/mol. The molecular formula is C14H16BrNO3. The number of amides is 1. The fraction of sp³-hybridized carbons (Fsp3) is 0.429. The predicted octanol–water partition coefficient (Wildman–Crippen LogP) is 2.57. The van der Waals surface area contributed by atoms with Crippen molar-refractivity contribution in [2.75, 3.05) is 19.7 Å². The van der Waals surface area contributed by atoms with Gasteiger partial charge >= 0.3 is 5.97 Å². The van der Waals surface area contributed by atoms with Crippen LogP contribution in [-0.2, 0) is 9.53 Å². The summed E-state index contributed by atoms with van der Waals surface area (Å²) in [4.78, 5) is 25.4. The van der Waals surface area contributed by atoms with Gasteiger partial charge in [0.25, 0.3) is 5.91 Å². The highest BCUT2D eigenvalue weighted by Gasteiger charge is 2.30. The van der Waals surface area contributed by atoms with Crippen molar-refractivity contribution in [2.45, 2.75) is 19.8 Å². The van der Waals surface area contributed by atoms with E-state index >= 15 is 0 Å². The van der Waals surface area contributed by atoms with Gasteiger partial charge in [-0.1, -0.05) is 22.9 Å². The molecule has 0 radical (unpaired) electrons. The highest BCUT2D eigenvalue weighted by Crippen LogP contribution is 2.30. The predicted molar refractivity (Wildman–Crippen MR) is 75.1 cm³/mol. The Balaban J connectivity index is 2.22. The Morgan fingerprint density at radius 3 is 2.95 bits per heavy atom. The molecule has 4 nitrogen and oxygen atoms in total. The van der Waals surface area contributed by atoms with Gasteiger partial charge in [-0.2, -0.15) is 0 Å². The summed E-state index contributed by atoms with van der Waals surface area (Å²) in [7, 11) is 0. The Labute approximate surface area is 120 Å². The summed E-state index contributed by atoms with van der Waals surface area (Å²) in [6.07, 6.45) is 0. The molecule has 1 unspecified atom stereocenters. The van der Waals surface area contributed by atoms with Crippen molar-refractivity contribution in [3.63, 3.8) is 0 Å². The lowest BCUT2D eigenvalue weighted by molar-refractivity contribution is -0.143. The smallest absolute Gasteiger partial charge is 0.325 e. The van der Waals surface area contributed by atoms with E-state index in [1.807, 2.05) is 12.1 Å². The third kappa shape index (κ3) is 2.97. The number of ether oxygens (including phenoxy) is 1. The first-order valence-electron chi connectivity index (χ1n) is 6.27. The van der Waals surface area contributed by atoms with Crippen molar-refractivity contribution in [3.8, 4) is 0 Å². The van der Waals surface area contributed by atoms with E-state index in [4.69, 9.17) is 4.74 Å². The third-order valence-corrected chi connectivity index (χ3v) is 3.67. The summed E-state index contributed by atoms with van der Waals surface area (Å²) in [6, 6.07) is 5.62. The number of rotatable bonds is 3. The van der Waals surface area contributed by atoms with Gasteiger partial charge in [-0.25, -0.2) is 0 Å². The summed E-state index contributed by atoms with van der Waals surface area (Å²) in [5, 5.41) is 0. The normalized spacial score (nSPS) is 18.2. The molecule has 0 N–H and O–H groups in total. The summed E-state index contributed by atoms with van der Waals surface area (Å²) >= 11 is 3.41. The molecule has 1 aromatic carbocycles. The van der Waals surface area contributed by atoms with Crippen LogP contribution >= 0.6 is 15.9 Å². The fourth-order valence-electron chi connectivity index (χ4n) is 2.32. The van der Waals surface area contributed by atoms with Crippen molar-refractivity contribution in [1.29, 1.82) is 0 Å². The van der Waals surface area contributed by atoms with Crippen molar-refractivity contribution in [1.82, 2.24) is 4.90 Å². The average Bonchev–Trinajstić information content (AvgIpc) is 2.36. The molecule has 0 fully saturated rings. The summed E-state index contributed by atoms with van der Waals surface area (Å²) in [6.45, 7) is 4.70. The van der Waals surface area contributed by atoms with Crippen molar-refractivity contribution >= 4 is 27.8 Å². The van der Waals surface area contributed by atoms with Gasteiger partial charge < -0.3 is 9.64 Å². The summed E-state index contributed by atoms with van der Waals surface area (Å²) < 4.78 is 5.86. The molecule has 0 spiro atoms. The number of fused-ring (bicyclic) bond motifs is 1. The monoisotopic (exact) mass is 325 g/mol. The quantitative estimate of drug-likeness (QED) is 0.802. The van der Waals surface area contributed by atoms with Crippen LogP contribution in [0.3, 0.4) is 0 Å². The van der Waals surface area contributed by atoms with Gasteiger partial charge in [0.05, 0.1) is 6.61 Å². The van der Waals surface area contributed by atoms with Crippen LogP contribution in [-0.4, -0.2) is 36.5 Å². The summed E-state index contributed by atoms with van der Waals surface area (Å²) in [5.41, 5.74) is 1.70. The number of benzene rings is 1. The standard InChI is InChI=1S/C14H16BrNO3/c1-3-19-13(17)8-16-7-9(2)12-6-10(15)4-5-11(12)14(16)18/h4-6,9H,3,7-8H2,1-2H3. The van der Waals surface area contributed by atoms with Crippen molar-refractivity contribution in [2.24, 2.45) is 0 Å². The SMILES string of the molecule is CCOC(=O)CN1CC(C)c2cc(Br)ccc2C1=O. The molecule has 0 aromatic heterocycles. The number of carbonyl (C=O) groups excluding carboxylic acids is 2. The van der Waals surface area contributed by atoms with Crippen LogP contribution in [0.5, 0.6) is 0 Å². The minimum atomic E-state index is -0.358. The number of halogens is 1. The number of nitrogens with zero attached hydrogens (tertiary/aromatic N) is 1. The van der Waals surface area contributed by atoms with E-state index in [-0.39, 0.29) is 24.3 Å². The van der Waals surface area contributed by atoms with Gasteiger partial charge in [-0.05, 0) is 36.6 Å². The second-order valence-electron chi connectivity index (χ2n) is 4.62. The van der Waals surface area contributed by atoms with Gasteiger partial charge in [0, 0.05) is 16.6 Å². The van der Waals surface area contributed by atoms with Crippen molar-refractivity contribution < 1.29 is 14.3 Å². The second-order valence-corrected chi connectivity index (χ2v) is 5.54. The molecule has 1 aliphatic heterocycles. The minimum absolute atomic E-state index is 0.0204. The minimum Gasteiger partial charge on any atom is -0.465 e. The van der Waals surface area contributed by atoms with Gasteiger partial charge in [0.1, 0.15) is 6.54 Å². The molecule has 1 heterocycles. The molecule has 1 atom stereocenters. The van der Waals surface area contributed by atoms with E-state index in [1.165, 1.54) is 0 Å². The molecule has 19 heavy (non-hydrogen) atoms. The van der Waals surface area contributed by atoms with E-state index in [0.29, 0.717) is 18.7 Å². The fourth-order valence-corrected chi connectivity index (χ4v) is 2.70. The molecule has 1 aromatic rings. The van der Waals surface area contributed by atoms with E-state index < -0.39 is 0 Å². The molecule has 1 aliphatic rings. The van der Waals surface area contributed by atoms with Crippen LogP contribution in [0.4, 0.5) is 0 Å². The Morgan fingerprint density at radius 1 is 1.53 bits per heavy atom. The third-order valence-electron chi connectivity index (χ3n) is 3.18. The molecule has 5 heteroatoms. The Kier molecular flexibility index (Phi) is 4.24. The van der Waals surface area contributed by atoms with E-state index in [1.54, 1.807) is 17.9 Å². The zero-order valence-corrected chi connectivity index (χ0v) is 12.6. The van der Waals surface area contributed by atoms with Crippen LogP contribution in [0.25, 0.3) is 0 Å². The van der Waals surface area contributed by atoms with Crippen LogP contribution in [0, 0.1) is 0 Å². The molecule has 102 valence electrons. The topological polar surface area (TPSA) is 46.6 Å². The van der Waals surface area contributed by atoms with Crippen LogP contribution in [0.2, 0.25) is 0 Å². The second kappa shape index (κ2) is 5.74. The molecule has 0 bridgehead atoms. The zero-order valence-electron chi connectivity index (χ0n) is 11.0. The largest absolute Gasteiger partial charge is 0.465 e.